The van der Waals surface area contributed by atoms with E-state index in [0.29, 0.717) is 12.1 Å². The van der Waals surface area contributed by atoms with E-state index in [-0.39, 0.29) is 5.69 Å². The molecule has 1 saturated carbocycles. The second-order valence-electron chi connectivity index (χ2n) is 5.32. The largest absolute Gasteiger partial charge is 0.364 e. The summed E-state index contributed by atoms with van der Waals surface area (Å²) in [5.74, 6) is 0.315. The monoisotopic (exact) mass is 261 g/mol. The van der Waals surface area contributed by atoms with Gasteiger partial charge in [-0.05, 0) is 44.4 Å². The number of aromatic nitrogens is 2. The zero-order chi connectivity index (χ0) is 13.2. The zero-order valence-corrected chi connectivity index (χ0v) is 10.9. The lowest BCUT2D eigenvalue weighted by atomic mass is 10.2. The maximum absolute atomic E-state index is 11.0. The van der Waals surface area contributed by atoms with Gasteiger partial charge in [-0.15, -0.1) is 10.2 Å². The quantitative estimate of drug-likeness (QED) is 0.796. The number of carbonyl (C=O) groups is 1. The average molecular weight is 261 g/mol. The summed E-state index contributed by atoms with van der Waals surface area (Å²) < 4.78 is 0. The van der Waals surface area contributed by atoms with Crippen molar-refractivity contribution >= 4 is 11.7 Å². The normalized spacial score (nSPS) is 22.4. The molecule has 3 N–H and O–H groups in total. The molecule has 0 radical (unpaired) electrons. The molecule has 1 atom stereocenters. The first-order valence-electron chi connectivity index (χ1n) is 6.87. The highest BCUT2D eigenvalue weighted by Gasteiger charge is 2.32. The van der Waals surface area contributed by atoms with Gasteiger partial charge in [0.05, 0.1) is 0 Å². The first kappa shape index (κ1) is 12.3. The summed E-state index contributed by atoms with van der Waals surface area (Å²) in [6, 6.07) is 4.62. The van der Waals surface area contributed by atoms with Crippen LogP contribution < -0.4 is 16.0 Å². The second-order valence-corrected chi connectivity index (χ2v) is 5.32. The summed E-state index contributed by atoms with van der Waals surface area (Å²) >= 11 is 0. The predicted molar refractivity (Wildman–Crippen MR) is 71.9 cm³/mol. The van der Waals surface area contributed by atoms with Crippen LogP contribution in [-0.4, -0.2) is 41.3 Å². The van der Waals surface area contributed by atoms with Crippen molar-refractivity contribution in [1.29, 1.82) is 0 Å². The number of primary amides is 1. The third kappa shape index (κ3) is 2.84. The minimum absolute atomic E-state index is 0.221. The Bertz CT molecular complexity index is 451. The van der Waals surface area contributed by atoms with E-state index in [2.05, 4.69) is 20.4 Å². The third-order valence-electron chi connectivity index (χ3n) is 3.76. The van der Waals surface area contributed by atoms with Crippen LogP contribution in [0.5, 0.6) is 0 Å². The van der Waals surface area contributed by atoms with Gasteiger partial charge in [0.15, 0.2) is 11.5 Å². The number of hydrogen-bond acceptors (Lipinski definition) is 5. The number of amides is 1. The number of nitrogens with zero attached hydrogens (tertiary/aromatic N) is 3. The van der Waals surface area contributed by atoms with E-state index in [1.54, 1.807) is 6.07 Å². The molecule has 0 aromatic carbocycles. The van der Waals surface area contributed by atoms with Gasteiger partial charge in [-0.3, -0.25) is 4.79 Å². The number of rotatable bonds is 5. The van der Waals surface area contributed by atoms with Gasteiger partial charge in [0.25, 0.3) is 5.91 Å². The van der Waals surface area contributed by atoms with Gasteiger partial charge in [0.1, 0.15) is 0 Å². The molecular formula is C13H19N5O. The fraction of sp³-hybridized carbons (Fsp3) is 0.615. The predicted octanol–water partition coefficient (Wildman–Crippen LogP) is 0.296. The molecule has 0 spiro atoms. The van der Waals surface area contributed by atoms with Crippen LogP contribution in [0.25, 0.3) is 0 Å². The molecule has 2 aliphatic rings. The van der Waals surface area contributed by atoms with Crippen molar-refractivity contribution in [3.05, 3.63) is 17.8 Å². The SMILES string of the molecule is NC(=O)c1ccc(N(CC2CCCN2)C2CC2)nn1. The molecule has 19 heavy (non-hydrogen) atoms. The Hall–Kier alpha value is -1.69. The van der Waals surface area contributed by atoms with Crippen LogP contribution >= 0.6 is 0 Å². The lowest BCUT2D eigenvalue weighted by Gasteiger charge is -2.26. The van der Waals surface area contributed by atoms with Gasteiger partial charge in [-0.25, -0.2) is 0 Å². The highest BCUT2D eigenvalue weighted by atomic mass is 16.1. The minimum atomic E-state index is -0.533. The maximum Gasteiger partial charge on any atom is 0.269 e. The lowest BCUT2D eigenvalue weighted by Crippen LogP contribution is -2.39. The molecule has 1 saturated heterocycles. The van der Waals surface area contributed by atoms with Crippen LogP contribution in [0.3, 0.4) is 0 Å². The zero-order valence-electron chi connectivity index (χ0n) is 10.9. The molecule has 0 bridgehead atoms. The number of hydrogen-bond donors (Lipinski definition) is 2. The van der Waals surface area contributed by atoms with Gasteiger partial charge < -0.3 is 16.0 Å². The van der Waals surface area contributed by atoms with E-state index >= 15 is 0 Å². The van der Waals surface area contributed by atoms with E-state index in [9.17, 15) is 4.79 Å². The third-order valence-corrected chi connectivity index (χ3v) is 3.76. The minimum Gasteiger partial charge on any atom is -0.364 e. The Kier molecular flexibility index (Phi) is 3.33. The Morgan fingerprint density at radius 3 is 2.74 bits per heavy atom. The summed E-state index contributed by atoms with van der Waals surface area (Å²) in [5.41, 5.74) is 5.40. The Labute approximate surface area is 112 Å². The molecule has 1 aromatic heterocycles. The van der Waals surface area contributed by atoms with Crippen LogP contribution in [0, 0.1) is 0 Å². The second kappa shape index (κ2) is 5.13. The van der Waals surface area contributed by atoms with Gasteiger partial charge in [0.2, 0.25) is 0 Å². The molecule has 3 rings (SSSR count). The van der Waals surface area contributed by atoms with E-state index in [1.807, 2.05) is 6.07 Å². The summed E-state index contributed by atoms with van der Waals surface area (Å²) in [6.45, 7) is 2.07. The van der Waals surface area contributed by atoms with E-state index in [1.165, 1.54) is 25.7 Å². The first-order valence-corrected chi connectivity index (χ1v) is 6.87. The van der Waals surface area contributed by atoms with Crippen molar-refractivity contribution < 1.29 is 4.79 Å². The standard InChI is InChI=1S/C13H19N5O/c14-13(19)11-5-6-12(17-16-11)18(10-3-4-10)8-9-2-1-7-15-9/h5-6,9-10,15H,1-4,7-8H2,(H2,14,19). The molecular weight excluding hydrogens is 242 g/mol. The molecule has 102 valence electrons. The molecule has 1 unspecified atom stereocenters. The fourth-order valence-corrected chi connectivity index (χ4v) is 2.58. The van der Waals surface area contributed by atoms with Gasteiger partial charge in [-0.2, -0.15) is 0 Å². The summed E-state index contributed by atoms with van der Waals surface area (Å²) in [7, 11) is 0. The summed E-state index contributed by atoms with van der Waals surface area (Å²) in [6.07, 6.45) is 4.89. The van der Waals surface area contributed by atoms with Crippen molar-refractivity contribution in [2.24, 2.45) is 5.73 Å². The molecule has 2 heterocycles. The van der Waals surface area contributed by atoms with Crippen molar-refractivity contribution in [2.45, 2.75) is 37.8 Å². The van der Waals surface area contributed by atoms with Crippen LogP contribution in [0.1, 0.15) is 36.2 Å². The Balaban J connectivity index is 1.73. The fourth-order valence-electron chi connectivity index (χ4n) is 2.58. The molecule has 1 aliphatic carbocycles. The molecule has 1 aliphatic heterocycles. The molecule has 1 aromatic rings. The molecule has 6 heteroatoms. The van der Waals surface area contributed by atoms with E-state index < -0.39 is 5.91 Å². The number of nitrogens with one attached hydrogen (secondary N) is 1. The van der Waals surface area contributed by atoms with Crippen LogP contribution in [-0.2, 0) is 0 Å². The topological polar surface area (TPSA) is 84.1 Å². The van der Waals surface area contributed by atoms with Crippen LogP contribution in [0.4, 0.5) is 5.82 Å². The first-order chi connectivity index (χ1) is 9.24. The van der Waals surface area contributed by atoms with Crippen LogP contribution in [0.15, 0.2) is 12.1 Å². The van der Waals surface area contributed by atoms with Gasteiger partial charge in [0, 0.05) is 18.6 Å². The average Bonchev–Trinajstić information content (AvgIpc) is 3.13. The van der Waals surface area contributed by atoms with Crippen molar-refractivity contribution in [1.82, 2.24) is 15.5 Å². The lowest BCUT2D eigenvalue weighted by molar-refractivity contribution is 0.0994. The van der Waals surface area contributed by atoms with Gasteiger partial charge in [-0.1, -0.05) is 0 Å². The van der Waals surface area contributed by atoms with Crippen molar-refractivity contribution in [2.75, 3.05) is 18.0 Å². The molecule has 1 amide bonds. The van der Waals surface area contributed by atoms with E-state index in [0.717, 1.165) is 18.9 Å². The van der Waals surface area contributed by atoms with E-state index in [4.69, 9.17) is 5.73 Å². The smallest absolute Gasteiger partial charge is 0.269 e. The van der Waals surface area contributed by atoms with Crippen molar-refractivity contribution in [3.8, 4) is 0 Å². The number of anilines is 1. The van der Waals surface area contributed by atoms with Gasteiger partial charge >= 0.3 is 0 Å². The van der Waals surface area contributed by atoms with Crippen molar-refractivity contribution in [3.63, 3.8) is 0 Å². The highest BCUT2D eigenvalue weighted by molar-refractivity contribution is 5.90. The Morgan fingerprint density at radius 1 is 1.37 bits per heavy atom. The number of carbonyl (C=O) groups excluding carboxylic acids is 1. The Morgan fingerprint density at radius 2 is 2.21 bits per heavy atom. The molecule has 6 nitrogen and oxygen atoms in total. The summed E-state index contributed by atoms with van der Waals surface area (Å²) in [5, 5.41) is 11.6. The number of nitrogens with two attached hydrogens (primary N) is 1. The highest BCUT2D eigenvalue weighted by Crippen LogP contribution is 2.31. The van der Waals surface area contributed by atoms with Crippen LogP contribution in [0.2, 0.25) is 0 Å². The maximum atomic E-state index is 11.0. The molecule has 2 fully saturated rings. The summed E-state index contributed by atoms with van der Waals surface area (Å²) in [4.78, 5) is 13.3.